The van der Waals surface area contributed by atoms with E-state index in [1.807, 2.05) is 12.4 Å². The molecule has 0 amide bonds. The van der Waals surface area contributed by atoms with E-state index in [0.29, 0.717) is 17.8 Å². The molecule has 0 saturated carbocycles. The van der Waals surface area contributed by atoms with E-state index in [4.69, 9.17) is 4.52 Å². The predicted octanol–water partition coefficient (Wildman–Crippen LogP) is 1.73. The topological polar surface area (TPSA) is 63.8 Å². The molecule has 86 valence electrons. The van der Waals surface area contributed by atoms with Crippen LogP contribution in [0.15, 0.2) is 15.4 Å². The van der Waals surface area contributed by atoms with E-state index in [1.165, 1.54) is 11.3 Å². The zero-order chi connectivity index (χ0) is 11.4. The van der Waals surface area contributed by atoms with Crippen molar-refractivity contribution in [1.29, 1.82) is 0 Å². The lowest BCUT2D eigenvalue weighted by Gasteiger charge is -2.06. The van der Waals surface area contributed by atoms with Crippen LogP contribution >= 0.6 is 11.3 Å². The minimum absolute atomic E-state index is 0.453. The van der Waals surface area contributed by atoms with Gasteiger partial charge in [0, 0.05) is 17.8 Å². The van der Waals surface area contributed by atoms with Crippen LogP contribution in [0.25, 0.3) is 11.5 Å². The summed E-state index contributed by atoms with van der Waals surface area (Å²) in [6.07, 6.45) is 1.77. The second kappa shape index (κ2) is 5.18. The molecule has 0 bridgehead atoms. The first kappa shape index (κ1) is 11.2. The van der Waals surface area contributed by atoms with Crippen LogP contribution in [0.4, 0.5) is 0 Å². The molecule has 0 fully saturated rings. The molecule has 2 aromatic rings. The standard InChI is InChI=1S/C10H14N4OS/c1-7(11-2)3-4-9-13-10(14-15-9)8-5-16-6-12-8/h5-7,11H,3-4H2,1-2H3. The van der Waals surface area contributed by atoms with E-state index in [-0.39, 0.29) is 0 Å². The Balaban J connectivity index is 1.98. The summed E-state index contributed by atoms with van der Waals surface area (Å²) in [6, 6.07) is 0.453. The Hall–Kier alpha value is -1.27. The SMILES string of the molecule is CNC(C)CCc1nc(-c2cscn2)no1. The fourth-order valence-corrected chi connectivity index (χ4v) is 1.80. The van der Waals surface area contributed by atoms with Gasteiger partial charge < -0.3 is 9.84 Å². The van der Waals surface area contributed by atoms with Gasteiger partial charge in [0.05, 0.1) is 5.51 Å². The number of hydrogen-bond donors (Lipinski definition) is 1. The molecule has 6 heteroatoms. The summed E-state index contributed by atoms with van der Waals surface area (Å²) >= 11 is 1.52. The lowest BCUT2D eigenvalue weighted by Crippen LogP contribution is -2.21. The van der Waals surface area contributed by atoms with Gasteiger partial charge in [0.2, 0.25) is 11.7 Å². The molecule has 0 aliphatic rings. The van der Waals surface area contributed by atoms with Crippen molar-refractivity contribution in [3.8, 4) is 11.5 Å². The van der Waals surface area contributed by atoms with Gasteiger partial charge in [0.25, 0.3) is 0 Å². The van der Waals surface area contributed by atoms with Crippen molar-refractivity contribution in [2.24, 2.45) is 0 Å². The summed E-state index contributed by atoms with van der Waals surface area (Å²) in [6.45, 7) is 2.12. The van der Waals surface area contributed by atoms with Gasteiger partial charge in [0.15, 0.2) is 0 Å². The number of rotatable bonds is 5. The zero-order valence-electron chi connectivity index (χ0n) is 9.30. The van der Waals surface area contributed by atoms with Crippen LogP contribution in [0.2, 0.25) is 0 Å². The maximum atomic E-state index is 5.16. The highest BCUT2D eigenvalue weighted by molar-refractivity contribution is 7.07. The fourth-order valence-electron chi connectivity index (χ4n) is 1.27. The number of nitrogens with one attached hydrogen (secondary N) is 1. The van der Waals surface area contributed by atoms with Crippen LogP contribution in [-0.2, 0) is 6.42 Å². The molecule has 5 nitrogen and oxygen atoms in total. The lowest BCUT2D eigenvalue weighted by molar-refractivity contribution is 0.369. The number of nitrogens with zero attached hydrogens (tertiary/aromatic N) is 3. The summed E-state index contributed by atoms with van der Waals surface area (Å²) in [5.74, 6) is 1.25. The van der Waals surface area contributed by atoms with Crippen LogP contribution < -0.4 is 5.32 Å². The second-order valence-corrected chi connectivity index (χ2v) is 4.33. The highest BCUT2D eigenvalue weighted by Gasteiger charge is 2.10. The highest BCUT2D eigenvalue weighted by atomic mass is 32.1. The third-order valence-electron chi connectivity index (χ3n) is 2.41. The maximum Gasteiger partial charge on any atom is 0.227 e. The van der Waals surface area contributed by atoms with Crippen LogP contribution in [0, 0.1) is 0 Å². The largest absolute Gasteiger partial charge is 0.339 e. The van der Waals surface area contributed by atoms with Crippen molar-refractivity contribution in [3.63, 3.8) is 0 Å². The summed E-state index contributed by atoms with van der Waals surface area (Å²) in [5, 5.41) is 8.98. The maximum absolute atomic E-state index is 5.16. The van der Waals surface area contributed by atoms with E-state index >= 15 is 0 Å². The van der Waals surface area contributed by atoms with Gasteiger partial charge >= 0.3 is 0 Å². The fraction of sp³-hybridized carbons (Fsp3) is 0.500. The molecule has 16 heavy (non-hydrogen) atoms. The summed E-state index contributed by atoms with van der Waals surface area (Å²) in [7, 11) is 1.94. The molecule has 0 saturated heterocycles. The van der Waals surface area contributed by atoms with Gasteiger partial charge in [-0.25, -0.2) is 4.98 Å². The number of thiazole rings is 1. The molecule has 2 rings (SSSR count). The molecule has 2 heterocycles. The Labute approximate surface area is 97.9 Å². The lowest BCUT2D eigenvalue weighted by atomic mass is 10.2. The molecule has 0 aromatic carbocycles. The van der Waals surface area contributed by atoms with Gasteiger partial charge in [-0.05, 0) is 20.4 Å². The van der Waals surface area contributed by atoms with E-state index < -0.39 is 0 Å². The first-order chi connectivity index (χ1) is 7.79. The van der Waals surface area contributed by atoms with E-state index in [2.05, 4.69) is 27.4 Å². The molecule has 0 radical (unpaired) electrons. The first-order valence-electron chi connectivity index (χ1n) is 5.18. The molecule has 1 atom stereocenters. The Morgan fingerprint density at radius 2 is 2.44 bits per heavy atom. The van der Waals surface area contributed by atoms with Crippen LogP contribution in [0.5, 0.6) is 0 Å². The average molecular weight is 238 g/mol. The van der Waals surface area contributed by atoms with Crippen LogP contribution in [-0.4, -0.2) is 28.2 Å². The Bertz CT molecular complexity index is 426. The minimum Gasteiger partial charge on any atom is -0.339 e. The molecule has 1 unspecified atom stereocenters. The highest BCUT2D eigenvalue weighted by Crippen LogP contribution is 2.15. The van der Waals surface area contributed by atoms with Gasteiger partial charge in [-0.15, -0.1) is 11.3 Å². The molecule has 2 aromatic heterocycles. The predicted molar refractivity (Wildman–Crippen MR) is 62.2 cm³/mol. The molecular weight excluding hydrogens is 224 g/mol. The van der Waals surface area contributed by atoms with Gasteiger partial charge in [-0.2, -0.15) is 4.98 Å². The van der Waals surface area contributed by atoms with Gasteiger partial charge in [-0.1, -0.05) is 5.16 Å². The summed E-state index contributed by atoms with van der Waals surface area (Å²) in [4.78, 5) is 8.43. The number of aromatic nitrogens is 3. The van der Waals surface area contributed by atoms with Crippen molar-refractivity contribution in [2.45, 2.75) is 25.8 Å². The summed E-state index contributed by atoms with van der Waals surface area (Å²) < 4.78 is 5.16. The molecule has 0 spiro atoms. The van der Waals surface area contributed by atoms with Crippen molar-refractivity contribution in [1.82, 2.24) is 20.4 Å². The van der Waals surface area contributed by atoms with Crippen molar-refractivity contribution >= 4 is 11.3 Å². The van der Waals surface area contributed by atoms with Crippen LogP contribution in [0.1, 0.15) is 19.2 Å². The smallest absolute Gasteiger partial charge is 0.227 e. The van der Waals surface area contributed by atoms with E-state index in [1.54, 1.807) is 5.51 Å². The Kier molecular flexibility index (Phi) is 3.63. The minimum atomic E-state index is 0.453. The average Bonchev–Trinajstić information content (AvgIpc) is 2.95. The van der Waals surface area contributed by atoms with E-state index in [9.17, 15) is 0 Å². The third kappa shape index (κ3) is 2.65. The molecule has 0 aliphatic heterocycles. The van der Waals surface area contributed by atoms with Crippen LogP contribution in [0.3, 0.4) is 0 Å². The van der Waals surface area contributed by atoms with Gasteiger partial charge in [0.1, 0.15) is 5.69 Å². The molecular formula is C10H14N4OS. The summed E-state index contributed by atoms with van der Waals surface area (Å²) in [5.41, 5.74) is 2.54. The van der Waals surface area contributed by atoms with Crippen molar-refractivity contribution in [3.05, 3.63) is 16.8 Å². The molecule has 0 aliphatic carbocycles. The molecule has 1 N–H and O–H groups in total. The quantitative estimate of drug-likeness (QED) is 0.859. The normalized spacial score (nSPS) is 12.9. The first-order valence-corrected chi connectivity index (χ1v) is 6.12. The monoisotopic (exact) mass is 238 g/mol. The third-order valence-corrected chi connectivity index (χ3v) is 3.00. The Morgan fingerprint density at radius 1 is 1.56 bits per heavy atom. The van der Waals surface area contributed by atoms with E-state index in [0.717, 1.165) is 18.5 Å². The number of hydrogen-bond acceptors (Lipinski definition) is 6. The number of aryl methyl sites for hydroxylation is 1. The van der Waals surface area contributed by atoms with Gasteiger partial charge in [-0.3, -0.25) is 0 Å². The Morgan fingerprint density at radius 3 is 3.12 bits per heavy atom. The zero-order valence-corrected chi connectivity index (χ0v) is 10.1. The van der Waals surface area contributed by atoms with Crippen molar-refractivity contribution in [2.75, 3.05) is 7.05 Å². The van der Waals surface area contributed by atoms with Crippen molar-refractivity contribution < 1.29 is 4.52 Å². The second-order valence-electron chi connectivity index (χ2n) is 3.61.